The van der Waals surface area contributed by atoms with E-state index in [9.17, 15) is 4.79 Å². The lowest BCUT2D eigenvalue weighted by molar-refractivity contribution is -0.130. The molecule has 2 aliphatic rings. The highest BCUT2D eigenvalue weighted by molar-refractivity contribution is 7.12. The summed E-state index contributed by atoms with van der Waals surface area (Å²) < 4.78 is 0. The largest absolute Gasteiger partial charge is 0.383 e. The lowest BCUT2D eigenvalue weighted by Gasteiger charge is -2.28. The smallest absolute Gasteiger partial charge is 0.224 e. The van der Waals surface area contributed by atoms with Crippen molar-refractivity contribution in [3.8, 4) is 0 Å². The number of nitrogens with one attached hydrogen (secondary N) is 1. The summed E-state index contributed by atoms with van der Waals surface area (Å²) >= 11 is 1.58. The van der Waals surface area contributed by atoms with Gasteiger partial charge in [-0.15, -0.1) is 11.3 Å². The molecule has 1 amide bonds. The SMILES string of the molecule is NC(=Nc1ccc2c(c1)C(CC(=O)N1CCCC1)NCC2)c1cccs1. The quantitative estimate of drug-likeness (QED) is 0.644. The Balaban J connectivity index is 1.56. The molecule has 0 spiro atoms. The van der Waals surface area contributed by atoms with Crippen molar-refractivity contribution in [2.24, 2.45) is 10.7 Å². The third kappa shape index (κ3) is 3.66. The van der Waals surface area contributed by atoms with E-state index in [1.165, 1.54) is 11.1 Å². The van der Waals surface area contributed by atoms with E-state index in [4.69, 9.17) is 5.73 Å². The van der Waals surface area contributed by atoms with Gasteiger partial charge in [-0.2, -0.15) is 0 Å². The summed E-state index contributed by atoms with van der Waals surface area (Å²) in [5, 5.41) is 5.51. The molecule has 1 atom stereocenters. The fraction of sp³-hybridized carbons (Fsp3) is 0.400. The molecule has 1 saturated heterocycles. The second kappa shape index (κ2) is 7.60. The van der Waals surface area contributed by atoms with Crippen LogP contribution in [0.25, 0.3) is 0 Å². The maximum Gasteiger partial charge on any atom is 0.224 e. The average molecular weight is 369 g/mol. The summed E-state index contributed by atoms with van der Waals surface area (Å²) in [4.78, 5) is 20.1. The third-order valence-electron chi connectivity index (χ3n) is 5.15. The Morgan fingerprint density at radius 1 is 1.31 bits per heavy atom. The summed E-state index contributed by atoms with van der Waals surface area (Å²) in [5.74, 6) is 0.785. The highest BCUT2D eigenvalue weighted by Crippen LogP contribution is 2.30. The number of carbonyl (C=O) groups excluding carboxylic acids is 1. The molecule has 1 aromatic carbocycles. The summed E-state index contributed by atoms with van der Waals surface area (Å²) in [7, 11) is 0. The van der Waals surface area contributed by atoms with Crippen LogP contribution in [-0.2, 0) is 11.2 Å². The van der Waals surface area contributed by atoms with Crippen molar-refractivity contribution in [3.63, 3.8) is 0 Å². The number of fused-ring (bicyclic) bond motifs is 1. The van der Waals surface area contributed by atoms with Crippen LogP contribution in [0.1, 0.15) is 41.3 Å². The van der Waals surface area contributed by atoms with Gasteiger partial charge in [0, 0.05) is 25.6 Å². The number of nitrogens with two attached hydrogens (primary N) is 1. The Bertz CT molecular complexity index is 809. The molecule has 2 aliphatic heterocycles. The zero-order valence-electron chi connectivity index (χ0n) is 14.8. The first-order valence-corrected chi connectivity index (χ1v) is 10.1. The molecule has 5 nitrogen and oxygen atoms in total. The number of hydrogen-bond acceptors (Lipinski definition) is 4. The minimum absolute atomic E-state index is 0.0602. The standard InChI is InChI=1S/C20H24N4OS/c21-20(18-4-3-11-26-18)23-15-6-5-14-7-8-22-17(16(14)12-15)13-19(25)24-9-1-2-10-24/h3-6,11-12,17,22H,1-2,7-10,13H2,(H2,21,23). The van der Waals surface area contributed by atoms with Gasteiger partial charge in [-0.25, -0.2) is 4.99 Å². The highest BCUT2D eigenvalue weighted by Gasteiger charge is 2.26. The van der Waals surface area contributed by atoms with Gasteiger partial charge in [0.1, 0.15) is 5.84 Å². The molecule has 0 saturated carbocycles. The Labute approximate surface area is 157 Å². The number of thiophene rings is 1. The fourth-order valence-corrected chi connectivity index (χ4v) is 4.39. The molecule has 1 fully saturated rings. The molecule has 1 aromatic heterocycles. The van der Waals surface area contributed by atoms with Crippen molar-refractivity contribution >= 4 is 28.8 Å². The maximum absolute atomic E-state index is 12.6. The van der Waals surface area contributed by atoms with Crippen LogP contribution in [0.5, 0.6) is 0 Å². The molecule has 3 heterocycles. The Kier molecular flexibility index (Phi) is 5.04. The van der Waals surface area contributed by atoms with Gasteiger partial charge in [0.05, 0.1) is 10.6 Å². The third-order valence-corrected chi connectivity index (χ3v) is 6.04. The van der Waals surface area contributed by atoms with Crippen LogP contribution in [-0.4, -0.2) is 36.3 Å². The number of likely N-dealkylation sites (tertiary alicyclic amines) is 1. The molecule has 0 aliphatic carbocycles. The van der Waals surface area contributed by atoms with E-state index in [1.54, 1.807) is 11.3 Å². The first-order chi connectivity index (χ1) is 12.7. The first-order valence-electron chi connectivity index (χ1n) is 9.23. The number of rotatable bonds is 4. The van der Waals surface area contributed by atoms with Crippen LogP contribution >= 0.6 is 11.3 Å². The van der Waals surface area contributed by atoms with Crippen LogP contribution in [0.3, 0.4) is 0 Å². The lowest BCUT2D eigenvalue weighted by atomic mass is 9.91. The second-order valence-electron chi connectivity index (χ2n) is 6.91. The van der Waals surface area contributed by atoms with Gasteiger partial charge in [0.2, 0.25) is 5.91 Å². The van der Waals surface area contributed by atoms with E-state index >= 15 is 0 Å². The summed E-state index contributed by atoms with van der Waals surface area (Å²) in [6.07, 6.45) is 3.75. The molecular formula is C20H24N4OS. The van der Waals surface area contributed by atoms with Gasteiger partial charge >= 0.3 is 0 Å². The van der Waals surface area contributed by atoms with Crippen molar-refractivity contribution in [2.75, 3.05) is 19.6 Å². The van der Waals surface area contributed by atoms with E-state index in [0.29, 0.717) is 12.3 Å². The molecule has 1 unspecified atom stereocenters. The second-order valence-corrected chi connectivity index (χ2v) is 7.85. The van der Waals surface area contributed by atoms with Crippen molar-refractivity contribution in [1.82, 2.24) is 10.2 Å². The number of benzene rings is 1. The summed E-state index contributed by atoms with van der Waals surface area (Å²) in [5.41, 5.74) is 9.46. The van der Waals surface area contributed by atoms with Crippen molar-refractivity contribution in [2.45, 2.75) is 31.7 Å². The van der Waals surface area contributed by atoms with Gasteiger partial charge in [-0.1, -0.05) is 12.1 Å². The van der Waals surface area contributed by atoms with Crippen molar-refractivity contribution in [1.29, 1.82) is 0 Å². The number of amidine groups is 1. The molecule has 2 aromatic rings. The number of carbonyl (C=O) groups is 1. The number of aliphatic imine (C=N–C) groups is 1. The molecule has 0 bridgehead atoms. The van der Waals surface area contributed by atoms with Crippen LogP contribution in [0, 0.1) is 0 Å². The van der Waals surface area contributed by atoms with E-state index < -0.39 is 0 Å². The monoisotopic (exact) mass is 368 g/mol. The normalized spacial score (nSPS) is 20.2. The minimum atomic E-state index is 0.0602. The molecule has 0 radical (unpaired) electrons. The molecule has 3 N–H and O–H groups in total. The molecule has 4 rings (SSSR count). The van der Waals surface area contributed by atoms with Gasteiger partial charge in [-0.05, 0) is 60.5 Å². The number of hydrogen-bond donors (Lipinski definition) is 2. The fourth-order valence-electron chi connectivity index (χ4n) is 3.77. The van der Waals surface area contributed by atoms with E-state index in [1.807, 2.05) is 28.5 Å². The Morgan fingerprint density at radius 2 is 2.15 bits per heavy atom. The molecule has 26 heavy (non-hydrogen) atoms. The number of nitrogens with zero attached hydrogens (tertiary/aromatic N) is 2. The predicted molar refractivity (Wildman–Crippen MR) is 106 cm³/mol. The molecular weight excluding hydrogens is 344 g/mol. The first kappa shape index (κ1) is 17.2. The van der Waals surface area contributed by atoms with E-state index in [0.717, 1.165) is 49.5 Å². The lowest BCUT2D eigenvalue weighted by Crippen LogP contribution is -2.36. The Hall–Kier alpha value is -2.18. The van der Waals surface area contributed by atoms with Crippen LogP contribution in [0.4, 0.5) is 5.69 Å². The van der Waals surface area contributed by atoms with Gasteiger partial charge in [-0.3, -0.25) is 4.79 Å². The van der Waals surface area contributed by atoms with Crippen LogP contribution in [0.15, 0.2) is 40.7 Å². The topological polar surface area (TPSA) is 70.7 Å². The van der Waals surface area contributed by atoms with Crippen LogP contribution < -0.4 is 11.1 Å². The summed E-state index contributed by atoms with van der Waals surface area (Å²) in [6.45, 7) is 2.71. The zero-order valence-corrected chi connectivity index (χ0v) is 15.6. The number of amides is 1. The van der Waals surface area contributed by atoms with Crippen molar-refractivity contribution < 1.29 is 4.79 Å². The van der Waals surface area contributed by atoms with Crippen LogP contribution in [0.2, 0.25) is 0 Å². The molecule has 6 heteroatoms. The van der Waals surface area contributed by atoms with Gasteiger partial charge in [0.15, 0.2) is 0 Å². The van der Waals surface area contributed by atoms with Gasteiger partial charge in [0.25, 0.3) is 0 Å². The average Bonchev–Trinajstić information content (AvgIpc) is 3.36. The minimum Gasteiger partial charge on any atom is -0.383 e. The van der Waals surface area contributed by atoms with Crippen molar-refractivity contribution in [3.05, 3.63) is 51.7 Å². The maximum atomic E-state index is 12.6. The van der Waals surface area contributed by atoms with E-state index in [-0.39, 0.29) is 11.9 Å². The zero-order chi connectivity index (χ0) is 17.9. The van der Waals surface area contributed by atoms with Gasteiger partial charge < -0.3 is 16.0 Å². The predicted octanol–water partition coefficient (Wildman–Crippen LogP) is 2.98. The summed E-state index contributed by atoms with van der Waals surface area (Å²) in [6, 6.07) is 10.2. The van der Waals surface area contributed by atoms with E-state index in [2.05, 4.69) is 22.4 Å². The highest BCUT2D eigenvalue weighted by atomic mass is 32.1. The Morgan fingerprint density at radius 3 is 2.92 bits per heavy atom. The molecule has 136 valence electrons.